The van der Waals surface area contributed by atoms with Crippen LogP contribution in [0.4, 0.5) is 10.1 Å². The average Bonchev–Trinajstić information content (AvgIpc) is 2.69. The SMILES string of the molecule is Cc1ccc(NC(=O)c2cc(-c3ccc(F)cc3)nc3ccccc23)cc1. The second-order valence-electron chi connectivity index (χ2n) is 6.40. The maximum atomic E-state index is 13.2. The first-order valence-corrected chi connectivity index (χ1v) is 8.64. The van der Waals surface area contributed by atoms with Crippen LogP contribution in [0.2, 0.25) is 0 Å². The van der Waals surface area contributed by atoms with Crippen molar-refractivity contribution in [1.82, 2.24) is 4.98 Å². The zero-order valence-corrected chi connectivity index (χ0v) is 14.7. The molecule has 1 aromatic heterocycles. The third kappa shape index (κ3) is 3.55. The molecule has 0 aliphatic heterocycles. The van der Waals surface area contributed by atoms with Gasteiger partial charge >= 0.3 is 0 Å². The zero-order valence-electron chi connectivity index (χ0n) is 14.7. The number of carbonyl (C=O) groups is 1. The molecule has 3 aromatic carbocycles. The molecule has 1 N–H and O–H groups in total. The number of hydrogen-bond donors (Lipinski definition) is 1. The Morgan fingerprint density at radius 2 is 1.63 bits per heavy atom. The van der Waals surface area contributed by atoms with Crippen molar-refractivity contribution in [1.29, 1.82) is 0 Å². The number of anilines is 1. The minimum Gasteiger partial charge on any atom is -0.322 e. The number of pyridine rings is 1. The van der Waals surface area contributed by atoms with Crippen LogP contribution >= 0.6 is 0 Å². The summed E-state index contributed by atoms with van der Waals surface area (Å²) in [6.07, 6.45) is 0. The summed E-state index contributed by atoms with van der Waals surface area (Å²) in [4.78, 5) is 17.6. The molecule has 0 saturated heterocycles. The first-order valence-electron chi connectivity index (χ1n) is 8.64. The molecule has 0 saturated carbocycles. The third-order valence-electron chi connectivity index (χ3n) is 4.41. The second kappa shape index (κ2) is 7.00. The van der Waals surface area contributed by atoms with Gasteiger partial charge in [0.15, 0.2) is 0 Å². The summed E-state index contributed by atoms with van der Waals surface area (Å²) in [5.41, 5.74) is 4.49. The highest BCUT2D eigenvalue weighted by Crippen LogP contribution is 2.26. The Balaban J connectivity index is 1.79. The third-order valence-corrected chi connectivity index (χ3v) is 4.41. The lowest BCUT2D eigenvalue weighted by Gasteiger charge is -2.11. The van der Waals surface area contributed by atoms with E-state index in [0.29, 0.717) is 16.8 Å². The fraction of sp³-hybridized carbons (Fsp3) is 0.0435. The number of benzene rings is 3. The van der Waals surface area contributed by atoms with Crippen molar-refractivity contribution in [3.63, 3.8) is 0 Å². The van der Waals surface area contributed by atoms with Crippen LogP contribution in [0.15, 0.2) is 78.9 Å². The van der Waals surface area contributed by atoms with Crippen LogP contribution in [0, 0.1) is 12.7 Å². The molecular formula is C23H17FN2O. The van der Waals surface area contributed by atoms with Crippen molar-refractivity contribution in [2.75, 3.05) is 5.32 Å². The largest absolute Gasteiger partial charge is 0.322 e. The molecule has 4 aromatic rings. The van der Waals surface area contributed by atoms with Gasteiger partial charge in [-0.15, -0.1) is 0 Å². The number of nitrogens with one attached hydrogen (secondary N) is 1. The molecule has 0 atom stereocenters. The number of hydrogen-bond acceptors (Lipinski definition) is 2. The van der Waals surface area contributed by atoms with E-state index >= 15 is 0 Å². The quantitative estimate of drug-likeness (QED) is 0.519. The summed E-state index contributed by atoms with van der Waals surface area (Å²) in [6, 6.07) is 23.0. The number of fused-ring (bicyclic) bond motifs is 1. The minimum atomic E-state index is -0.308. The van der Waals surface area contributed by atoms with E-state index < -0.39 is 0 Å². The van der Waals surface area contributed by atoms with Gasteiger partial charge in [0.05, 0.1) is 16.8 Å². The van der Waals surface area contributed by atoms with Gasteiger partial charge in [-0.2, -0.15) is 0 Å². The van der Waals surface area contributed by atoms with E-state index in [1.165, 1.54) is 12.1 Å². The molecule has 4 heteroatoms. The number of carbonyl (C=O) groups excluding carboxylic acids is 1. The smallest absolute Gasteiger partial charge is 0.256 e. The van der Waals surface area contributed by atoms with Crippen molar-refractivity contribution in [2.24, 2.45) is 0 Å². The van der Waals surface area contributed by atoms with Crippen molar-refractivity contribution < 1.29 is 9.18 Å². The lowest BCUT2D eigenvalue weighted by atomic mass is 10.0. The summed E-state index contributed by atoms with van der Waals surface area (Å²) in [6.45, 7) is 2.00. The summed E-state index contributed by atoms with van der Waals surface area (Å²) in [5.74, 6) is -0.516. The molecule has 132 valence electrons. The Bertz CT molecular complexity index is 1120. The highest BCUT2D eigenvalue weighted by molar-refractivity contribution is 6.13. The molecule has 27 heavy (non-hydrogen) atoms. The van der Waals surface area contributed by atoms with Crippen LogP contribution in [0.5, 0.6) is 0 Å². The predicted octanol–water partition coefficient (Wildman–Crippen LogP) is 5.60. The molecule has 1 amide bonds. The molecule has 4 rings (SSSR count). The average molecular weight is 356 g/mol. The highest BCUT2D eigenvalue weighted by atomic mass is 19.1. The molecule has 0 radical (unpaired) electrons. The Labute approximate surface area is 156 Å². The lowest BCUT2D eigenvalue weighted by Crippen LogP contribution is -2.13. The zero-order chi connectivity index (χ0) is 18.8. The monoisotopic (exact) mass is 356 g/mol. The maximum Gasteiger partial charge on any atom is 0.256 e. The predicted molar refractivity (Wildman–Crippen MR) is 106 cm³/mol. The van der Waals surface area contributed by atoms with Crippen molar-refractivity contribution in [3.8, 4) is 11.3 Å². The van der Waals surface area contributed by atoms with E-state index in [2.05, 4.69) is 10.3 Å². The summed E-state index contributed by atoms with van der Waals surface area (Å²) >= 11 is 0. The van der Waals surface area contributed by atoms with E-state index in [1.54, 1.807) is 18.2 Å². The van der Waals surface area contributed by atoms with Gasteiger partial charge in [0, 0.05) is 16.6 Å². The fourth-order valence-corrected chi connectivity index (χ4v) is 2.97. The second-order valence-corrected chi connectivity index (χ2v) is 6.40. The number of aryl methyl sites for hydroxylation is 1. The van der Waals surface area contributed by atoms with Crippen LogP contribution in [0.1, 0.15) is 15.9 Å². The number of aromatic nitrogens is 1. The van der Waals surface area contributed by atoms with E-state index in [-0.39, 0.29) is 11.7 Å². The molecule has 0 aliphatic rings. The van der Waals surface area contributed by atoms with Crippen molar-refractivity contribution >= 4 is 22.5 Å². The Morgan fingerprint density at radius 1 is 0.926 bits per heavy atom. The van der Waals surface area contributed by atoms with Crippen LogP contribution in [0.3, 0.4) is 0 Å². The van der Waals surface area contributed by atoms with E-state index in [4.69, 9.17) is 0 Å². The lowest BCUT2D eigenvalue weighted by molar-refractivity contribution is 0.102. The standard InChI is InChI=1S/C23H17FN2O/c1-15-6-12-18(13-7-15)25-23(27)20-14-22(16-8-10-17(24)11-9-16)26-21-5-3-2-4-19(20)21/h2-14H,1H3,(H,25,27). The van der Waals surface area contributed by atoms with Gasteiger partial charge in [-0.25, -0.2) is 9.37 Å². The molecule has 1 heterocycles. The topological polar surface area (TPSA) is 42.0 Å². The Hall–Kier alpha value is -3.53. The van der Waals surface area contributed by atoms with Crippen LogP contribution in [-0.2, 0) is 0 Å². The molecule has 0 bridgehead atoms. The number of para-hydroxylation sites is 1. The normalized spacial score (nSPS) is 10.7. The Kier molecular flexibility index (Phi) is 4.38. The minimum absolute atomic E-state index is 0.208. The van der Waals surface area contributed by atoms with Crippen molar-refractivity contribution in [3.05, 3.63) is 95.8 Å². The van der Waals surface area contributed by atoms with E-state index in [0.717, 1.165) is 22.2 Å². The first kappa shape index (κ1) is 16.9. The number of rotatable bonds is 3. The summed E-state index contributed by atoms with van der Waals surface area (Å²) in [7, 11) is 0. The van der Waals surface area contributed by atoms with Gasteiger partial charge in [-0.3, -0.25) is 4.79 Å². The van der Waals surface area contributed by atoms with Crippen LogP contribution < -0.4 is 5.32 Å². The summed E-state index contributed by atoms with van der Waals surface area (Å²) < 4.78 is 13.2. The molecule has 0 aliphatic carbocycles. The van der Waals surface area contributed by atoms with Gasteiger partial charge in [0.25, 0.3) is 5.91 Å². The summed E-state index contributed by atoms with van der Waals surface area (Å²) in [5, 5.41) is 3.71. The fourth-order valence-electron chi connectivity index (χ4n) is 2.97. The molecule has 3 nitrogen and oxygen atoms in total. The van der Waals surface area contributed by atoms with E-state index in [9.17, 15) is 9.18 Å². The number of nitrogens with zero attached hydrogens (tertiary/aromatic N) is 1. The van der Waals surface area contributed by atoms with Gasteiger partial charge in [0.2, 0.25) is 0 Å². The van der Waals surface area contributed by atoms with Gasteiger partial charge < -0.3 is 5.32 Å². The van der Waals surface area contributed by atoms with Crippen molar-refractivity contribution in [2.45, 2.75) is 6.92 Å². The molecule has 0 spiro atoms. The van der Waals surface area contributed by atoms with Crippen LogP contribution in [0.25, 0.3) is 22.2 Å². The maximum absolute atomic E-state index is 13.2. The Morgan fingerprint density at radius 3 is 2.37 bits per heavy atom. The van der Waals surface area contributed by atoms with E-state index in [1.807, 2.05) is 55.5 Å². The molecule has 0 fully saturated rings. The van der Waals surface area contributed by atoms with Crippen LogP contribution in [-0.4, -0.2) is 10.9 Å². The number of amides is 1. The van der Waals surface area contributed by atoms with Gasteiger partial charge in [-0.1, -0.05) is 35.9 Å². The van der Waals surface area contributed by atoms with Gasteiger partial charge in [-0.05, 0) is 55.5 Å². The molecular weight excluding hydrogens is 339 g/mol. The number of halogens is 1. The molecule has 0 unspecified atom stereocenters. The highest BCUT2D eigenvalue weighted by Gasteiger charge is 2.14. The first-order chi connectivity index (χ1) is 13.1. The van der Waals surface area contributed by atoms with Gasteiger partial charge in [0.1, 0.15) is 5.82 Å².